The predicted octanol–water partition coefficient (Wildman–Crippen LogP) is 1.57. The van der Waals surface area contributed by atoms with Crippen molar-refractivity contribution in [2.45, 2.75) is 26.2 Å². The fraction of sp³-hybridized carbons (Fsp3) is 0.524. The van der Waals surface area contributed by atoms with Gasteiger partial charge in [0.05, 0.1) is 12.2 Å². The second kappa shape index (κ2) is 9.15. The first-order valence-electron chi connectivity index (χ1n) is 9.91. The van der Waals surface area contributed by atoms with E-state index >= 15 is 0 Å². The Balaban J connectivity index is 1.87. The van der Waals surface area contributed by atoms with Gasteiger partial charge < -0.3 is 10.0 Å². The van der Waals surface area contributed by atoms with Crippen molar-refractivity contribution in [2.24, 2.45) is 0 Å². The molecule has 6 nitrogen and oxygen atoms in total. The number of aliphatic hydroxyl groups excluding tert-OH is 1. The second-order valence-electron chi connectivity index (χ2n) is 7.11. The maximum atomic E-state index is 13.2. The number of β-amino-alcohol motifs (C(OH)–C–C–N with tert-alkyl or cyclic N) is 1. The molecule has 0 unspecified atom stereocenters. The van der Waals surface area contributed by atoms with Crippen molar-refractivity contribution < 1.29 is 14.7 Å². The zero-order valence-corrected chi connectivity index (χ0v) is 16.1. The van der Waals surface area contributed by atoms with Gasteiger partial charge in [0.1, 0.15) is 5.70 Å². The second-order valence-corrected chi connectivity index (χ2v) is 7.11. The lowest BCUT2D eigenvalue weighted by molar-refractivity contribution is -0.137. The minimum absolute atomic E-state index is 0.139. The third kappa shape index (κ3) is 4.22. The Morgan fingerprint density at radius 3 is 2.26 bits per heavy atom. The topological polar surface area (TPSA) is 64.1 Å². The summed E-state index contributed by atoms with van der Waals surface area (Å²) in [5.41, 5.74) is 1.89. The van der Waals surface area contributed by atoms with Gasteiger partial charge in [-0.15, -0.1) is 0 Å². The van der Waals surface area contributed by atoms with E-state index in [1.807, 2.05) is 30.3 Å². The summed E-state index contributed by atoms with van der Waals surface area (Å²) in [5, 5.41) is 9.13. The molecule has 6 heteroatoms. The Kier molecular flexibility index (Phi) is 6.63. The molecular weight excluding hydrogens is 342 g/mol. The largest absolute Gasteiger partial charge is 0.395 e. The maximum absolute atomic E-state index is 13.2. The van der Waals surface area contributed by atoms with Gasteiger partial charge in [0.2, 0.25) is 0 Å². The number of hydrogen-bond donors (Lipinski definition) is 1. The number of rotatable bonds is 8. The van der Waals surface area contributed by atoms with Crippen molar-refractivity contribution in [1.29, 1.82) is 0 Å². The molecule has 0 saturated carbocycles. The highest BCUT2D eigenvalue weighted by molar-refractivity contribution is 6.35. The fourth-order valence-corrected chi connectivity index (χ4v) is 3.78. The number of imide groups is 1. The number of nitrogens with zero attached hydrogens (tertiary/aromatic N) is 3. The van der Waals surface area contributed by atoms with Crippen LogP contribution in [0.2, 0.25) is 0 Å². The van der Waals surface area contributed by atoms with Crippen molar-refractivity contribution in [3.8, 4) is 0 Å². The van der Waals surface area contributed by atoms with Crippen LogP contribution >= 0.6 is 0 Å². The lowest BCUT2D eigenvalue weighted by Crippen LogP contribution is -2.48. The number of unbranched alkanes of at least 4 members (excludes halogenated alkanes) is 2. The number of piperazine rings is 1. The van der Waals surface area contributed by atoms with Crippen molar-refractivity contribution >= 4 is 17.4 Å². The summed E-state index contributed by atoms with van der Waals surface area (Å²) in [7, 11) is 0. The van der Waals surface area contributed by atoms with Gasteiger partial charge in [0, 0.05) is 39.3 Å². The predicted molar refractivity (Wildman–Crippen MR) is 105 cm³/mol. The number of carbonyl (C=O) groups is 2. The quantitative estimate of drug-likeness (QED) is 0.555. The highest BCUT2D eigenvalue weighted by Gasteiger charge is 2.41. The fourth-order valence-electron chi connectivity index (χ4n) is 3.78. The molecule has 3 rings (SSSR count). The van der Waals surface area contributed by atoms with E-state index in [2.05, 4.69) is 16.7 Å². The molecule has 2 aliphatic rings. The molecule has 1 N–H and O–H groups in total. The maximum Gasteiger partial charge on any atom is 0.277 e. The number of amides is 2. The molecule has 2 amide bonds. The lowest BCUT2D eigenvalue weighted by Gasteiger charge is -2.36. The third-order valence-corrected chi connectivity index (χ3v) is 5.30. The average molecular weight is 371 g/mol. The van der Waals surface area contributed by atoms with Crippen molar-refractivity contribution in [3.05, 3.63) is 41.6 Å². The van der Waals surface area contributed by atoms with Crippen LogP contribution < -0.4 is 0 Å². The van der Waals surface area contributed by atoms with E-state index in [9.17, 15) is 9.59 Å². The van der Waals surface area contributed by atoms with Crippen LogP contribution in [-0.4, -0.2) is 77.5 Å². The third-order valence-electron chi connectivity index (χ3n) is 5.30. The summed E-state index contributed by atoms with van der Waals surface area (Å²) in [6.45, 7) is 6.32. The average Bonchev–Trinajstić information content (AvgIpc) is 2.94. The molecule has 1 fully saturated rings. The van der Waals surface area contributed by atoms with Crippen molar-refractivity contribution in [2.75, 3.05) is 45.9 Å². The molecule has 1 aromatic carbocycles. The standard InChI is InChI=1S/C21H29N3O3/c1-2-3-7-10-24-20(26)18(17-8-5-4-6-9-17)19(21(24)27)23-13-11-22(12-14-23)15-16-25/h4-6,8-9,25H,2-3,7,10-16H2,1H3. The zero-order chi connectivity index (χ0) is 19.2. The van der Waals surface area contributed by atoms with E-state index in [-0.39, 0.29) is 18.4 Å². The molecular formula is C21H29N3O3. The molecule has 146 valence electrons. The normalized spacial score (nSPS) is 18.7. The number of benzene rings is 1. The Hall–Kier alpha value is -2.18. The van der Waals surface area contributed by atoms with Crippen LogP contribution in [0.1, 0.15) is 31.7 Å². The van der Waals surface area contributed by atoms with Crippen LogP contribution in [0, 0.1) is 0 Å². The molecule has 1 aromatic rings. The van der Waals surface area contributed by atoms with Crippen LogP contribution in [0.25, 0.3) is 5.57 Å². The number of hydrogen-bond acceptors (Lipinski definition) is 5. The Morgan fingerprint density at radius 1 is 0.926 bits per heavy atom. The van der Waals surface area contributed by atoms with Gasteiger partial charge in [-0.05, 0) is 12.0 Å². The molecule has 0 spiro atoms. The van der Waals surface area contributed by atoms with E-state index in [0.29, 0.717) is 37.4 Å². The lowest BCUT2D eigenvalue weighted by atomic mass is 10.0. The summed E-state index contributed by atoms with van der Waals surface area (Å²) in [4.78, 5) is 31.9. The molecule has 2 heterocycles. The van der Waals surface area contributed by atoms with E-state index in [1.54, 1.807) is 0 Å². The minimum atomic E-state index is -0.171. The first kappa shape index (κ1) is 19.6. The molecule has 0 radical (unpaired) electrons. The highest BCUT2D eigenvalue weighted by atomic mass is 16.3. The summed E-state index contributed by atoms with van der Waals surface area (Å²) in [5.74, 6) is -0.333. The number of aliphatic hydroxyl groups is 1. The summed E-state index contributed by atoms with van der Waals surface area (Å²) >= 11 is 0. The summed E-state index contributed by atoms with van der Waals surface area (Å²) < 4.78 is 0. The Labute approximate surface area is 161 Å². The van der Waals surface area contributed by atoms with Crippen LogP contribution in [0.3, 0.4) is 0 Å². The monoisotopic (exact) mass is 371 g/mol. The SMILES string of the molecule is CCCCCN1C(=O)C(c2ccccc2)=C(N2CCN(CCO)CC2)C1=O. The van der Waals surface area contributed by atoms with Gasteiger partial charge in [0.15, 0.2) is 0 Å². The Bertz CT molecular complexity index is 694. The molecule has 2 aliphatic heterocycles. The minimum Gasteiger partial charge on any atom is -0.395 e. The Morgan fingerprint density at radius 2 is 1.63 bits per heavy atom. The molecule has 0 bridgehead atoms. The van der Waals surface area contributed by atoms with Gasteiger partial charge in [-0.25, -0.2) is 0 Å². The molecule has 0 aromatic heterocycles. The van der Waals surface area contributed by atoms with Gasteiger partial charge in [-0.3, -0.25) is 19.4 Å². The van der Waals surface area contributed by atoms with Gasteiger partial charge >= 0.3 is 0 Å². The van der Waals surface area contributed by atoms with Crippen molar-refractivity contribution in [3.63, 3.8) is 0 Å². The summed E-state index contributed by atoms with van der Waals surface area (Å²) in [6.07, 6.45) is 2.90. The van der Waals surface area contributed by atoms with E-state index < -0.39 is 0 Å². The molecule has 0 aliphatic carbocycles. The van der Waals surface area contributed by atoms with Crippen LogP contribution in [0.4, 0.5) is 0 Å². The zero-order valence-electron chi connectivity index (χ0n) is 16.1. The van der Waals surface area contributed by atoms with E-state index in [0.717, 1.165) is 37.9 Å². The smallest absolute Gasteiger partial charge is 0.277 e. The van der Waals surface area contributed by atoms with Crippen molar-refractivity contribution in [1.82, 2.24) is 14.7 Å². The molecule has 27 heavy (non-hydrogen) atoms. The highest BCUT2D eigenvalue weighted by Crippen LogP contribution is 2.32. The van der Waals surface area contributed by atoms with Gasteiger partial charge in [0.25, 0.3) is 11.8 Å². The van der Waals surface area contributed by atoms with Gasteiger partial charge in [-0.2, -0.15) is 0 Å². The first-order chi connectivity index (χ1) is 13.2. The van der Waals surface area contributed by atoms with E-state index in [1.165, 1.54) is 4.90 Å². The van der Waals surface area contributed by atoms with Crippen LogP contribution in [0.15, 0.2) is 36.0 Å². The van der Waals surface area contributed by atoms with E-state index in [4.69, 9.17) is 5.11 Å². The number of carbonyl (C=O) groups excluding carboxylic acids is 2. The van der Waals surface area contributed by atoms with Gasteiger partial charge in [-0.1, -0.05) is 50.1 Å². The molecule has 1 saturated heterocycles. The van der Waals surface area contributed by atoms with Crippen LogP contribution in [0.5, 0.6) is 0 Å². The first-order valence-corrected chi connectivity index (χ1v) is 9.91. The van der Waals surface area contributed by atoms with Crippen LogP contribution in [-0.2, 0) is 9.59 Å². The molecule has 0 atom stereocenters. The summed E-state index contributed by atoms with van der Waals surface area (Å²) in [6, 6.07) is 9.51.